The first-order valence-electron chi connectivity index (χ1n) is 11.2. The molecule has 0 amide bonds. The minimum Gasteiger partial charge on any atom is -0.493 e. The Hall–Kier alpha value is -2.74. The molecule has 0 bridgehead atoms. The maximum Gasteiger partial charge on any atom is 0.257 e. The van der Waals surface area contributed by atoms with Gasteiger partial charge in [0.15, 0.2) is 22.4 Å². The predicted molar refractivity (Wildman–Crippen MR) is 130 cm³/mol. The van der Waals surface area contributed by atoms with E-state index < -0.39 is 5.92 Å². The molecule has 2 aliphatic rings. The van der Waals surface area contributed by atoms with E-state index in [1.54, 1.807) is 14.2 Å². The molecule has 0 saturated heterocycles. The molecule has 1 aromatic heterocycles. The number of carbonyl (C=O) groups excluding carboxylic acids is 1. The summed E-state index contributed by atoms with van der Waals surface area (Å²) in [5.74, 6) is 2.50. The van der Waals surface area contributed by atoms with Gasteiger partial charge in [0.1, 0.15) is 5.82 Å². The molecule has 176 valence electrons. The Morgan fingerprint density at radius 2 is 1.88 bits per heavy atom. The fraction of sp³-hybridized carbons (Fsp3) is 0.480. The monoisotopic (exact) mass is 469 g/mol. The number of methoxy groups -OCH3 is 2. The second kappa shape index (κ2) is 8.89. The third kappa shape index (κ3) is 4.53. The van der Waals surface area contributed by atoms with Gasteiger partial charge in [0.2, 0.25) is 0 Å². The van der Waals surface area contributed by atoms with Crippen LogP contribution in [0.4, 0.5) is 5.82 Å². The van der Waals surface area contributed by atoms with Gasteiger partial charge in [0.05, 0.1) is 19.8 Å². The number of ketones is 1. The topological polar surface area (TPSA) is 93.3 Å². The minimum atomic E-state index is -0.528. The number of rotatable bonds is 6. The Bertz CT molecular complexity index is 1180. The third-order valence-electron chi connectivity index (χ3n) is 5.99. The minimum absolute atomic E-state index is 0.0526. The van der Waals surface area contributed by atoms with Crippen molar-refractivity contribution in [3.63, 3.8) is 0 Å². The van der Waals surface area contributed by atoms with Crippen LogP contribution in [-0.4, -0.2) is 35.7 Å². The average Bonchev–Trinajstić information content (AvgIpc) is 2.74. The molecule has 1 unspecified atom stereocenters. The quantitative estimate of drug-likeness (QED) is 0.466. The summed E-state index contributed by atoms with van der Waals surface area (Å²) in [7, 11) is 3.15. The molecule has 1 aliphatic carbocycles. The zero-order valence-corrected chi connectivity index (χ0v) is 20.8. The van der Waals surface area contributed by atoms with Crippen LogP contribution < -0.4 is 20.3 Å². The molecule has 0 spiro atoms. The number of nitrogens with one attached hydrogen (secondary N) is 2. The molecule has 0 saturated carbocycles. The zero-order chi connectivity index (χ0) is 23.9. The Balaban J connectivity index is 1.90. The van der Waals surface area contributed by atoms with E-state index in [1.807, 2.05) is 18.2 Å². The summed E-state index contributed by atoms with van der Waals surface area (Å²) in [4.78, 5) is 34.4. The van der Waals surface area contributed by atoms with E-state index in [4.69, 9.17) is 14.5 Å². The highest BCUT2D eigenvalue weighted by molar-refractivity contribution is 7.99. The summed E-state index contributed by atoms with van der Waals surface area (Å²) in [6.45, 7) is 8.43. The van der Waals surface area contributed by atoms with Crippen LogP contribution in [0.15, 0.2) is 39.4 Å². The number of nitrogens with zero attached hydrogens (tertiary/aromatic N) is 1. The number of benzene rings is 1. The average molecular weight is 470 g/mol. The van der Waals surface area contributed by atoms with Crippen LogP contribution in [0.1, 0.15) is 57.6 Å². The lowest BCUT2D eigenvalue weighted by Gasteiger charge is -2.38. The Morgan fingerprint density at radius 3 is 2.55 bits per heavy atom. The lowest BCUT2D eigenvalue weighted by molar-refractivity contribution is -0.118. The number of fused-ring (bicyclic) bond motifs is 1. The highest BCUT2D eigenvalue weighted by atomic mass is 32.2. The number of allylic oxidation sites excluding steroid dienone is 2. The Kier molecular flexibility index (Phi) is 6.31. The van der Waals surface area contributed by atoms with Gasteiger partial charge >= 0.3 is 0 Å². The van der Waals surface area contributed by atoms with Gasteiger partial charge in [-0.3, -0.25) is 9.59 Å². The molecule has 2 heterocycles. The van der Waals surface area contributed by atoms with Crippen molar-refractivity contribution in [3.05, 3.63) is 50.9 Å². The fourth-order valence-corrected chi connectivity index (χ4v) is 5.38. The molecule has 1 aliphatic heterocycles. The lowest BCUT2D eigenvalue weighted by atomic mass is 9.69. The first-order valence-corrected chi connectivity index (χ1v) is 12.1. The summed E-state index contributed by atoms with van der Waals surface area (Å²) < 4.78 is 10.9. The van der Waals surface area contributed by atoms with Gasteiger partial charge in [-0.25, -0.2) is 4.98 Å². The van der Waals surface area contributed by atoms with Crippen molar-refractivity contribution in [2.24, 2.45) is 11.3 Å². The van der Waals surface area contributed by atoms with Gasteiger partial charge in [0, 0.05) is 29.4 Å². The molecule has 1 aromatic carbocycles. The molecule has 1 atom stereocenters. The highest BCUT2D eigenvalue weighted by Crippen LogP contribution is 2.48. The maximum atomic E-state index is 13.4. The van der Waals surface area contributed by atoms with Crippen LogP contribution in [0.3, 0.4) is 0 Å². The van der Waals surface area contributed by atoms with Crippen molar-refractivity contribution in [1.82, 2.24) is 9.97 Å². The van der Waals surface area contributed by atoms with Crippen molar-refractivity contribution in [3.8, 4) is 11.5 Å². The van der Waals surface area contributed by atoms with E-state index in [2.05, 4.69) is 38.0 Å². The van der Waals surface area contributed by atoms with E-state index in [-0.39, 0.29) is 16.8 Å². The van der Waals surface area contributed by atoms with E-state index in [0.29, 0.717) is 52.4 Å². The van der Waals surface area contributed by atoms with E-state index >= 15 is 0 Å². The number of aromatic nitrogens is 2. The normalized spacial score (nSPS) is 19.1. The first-order chi connectivity index (χ1) is 15.6. The fourth-order valence-electron chi connectivity index (χ4n) is 4.57. The van der Waals surface area contributed by atoms with Crippen LogP contribution in [-0.2, 0) is 4.79 Å². The zero-order valence-electron chi connectivity index (χ0n) is 20.0. The molecule has 0 fully saturated rings. The largest absolute Gasteiger partial charge is 0.493 e. The number of H-pyrrole nitrogens is 1. The van der Waals surface area contributed by atoms with E-state index in [9.17, 15) is 9.59 Å². The van der Waals surface area contributed by atoms with Gasteiger partial charge in [-0.2, -0.15) is 0 Å². The summed E-state index contributed by atoms with van der Waals surface area (Å²) in [6.07, 6.45) is 1.14. The maximum absolute atomic E-state index is 13.4. The molecule has 2 aromatic rings. The Morgan fingerprint density at radius 1 is 1.15 bits per heavy atom. The summed E-state index contributed by atoms with van der Waals surface area (Å²) in [5, 5.41) is 3.94. The predicted octanol–water partition coefficient (Wildman–Crippen LogP) is 4.74. The molecule has 8 heteroatoms. The molecule has 4 rings (SSSR count). The number of Topliss-reactive ketones (excluding diaryl/α,β-unsaturated/α-hetero) is 1. The number of hydrogen-bond donors (Lipinski definition) is 2. The van der Waals surface area contributed by atoms with Crippen LogP contribution in [0.5, 0.6) is 11.5 Å². The van der Waals surface area contributed by atoms with Crippen molar-refractivity contribution in [1.29, 1.82) is 0 Å². The molecule has 7 nitrogen and oxygen atoms in total. The van der Waals surface area contributed by atoms with Crippen LogP contribution in [0.25, 0.3) is 0 Å². The number of ether oxygens (including phenoxy) is 2. The molecular formula is C25H31N3O4S. The Labute approximate surface area is 198 Å². The van der Waals surface area contributed by atoms with Crippen molar-refractivity contribution in [2.75, 3.05) is 25.3 Å². The standard InChI is InChI=1S/C25H31N3O4S/c1-13(2)12-33-24-27-22-21(23(30)28-24)19(14-7-8-17(31-5)18(9-14)32-6)20-15(26-22)10-25(3,4)11-16(20)29/h7-9,13,19H,10-12H2,1-6H3,(H2,26,27,28,30). The molecular weight excluding hydrogens is 438 g/mol. The number of hydrogen-bond acceptors (Lipinski definition) is 7. The van der Waals surface area contributed by atoms with Gasteiger partial charge < -0.3 is 19.8 Å². The van der Waals surface area contributed by atoms with Crippen LogP contribution >= 0.6 is 11.8 Å². The SMILES string of the molecule is COc1ccc(C2C3=C(CC(C)(C)CC3=O)Nc3nc(SCC(C)C)[nH]c(=O)c32)cc1OC. The van der Waals surface area contributed by atoms with Gasteiger partial charge in [-0.05, 0) is 35.4 Å². The number of aromatic amines is 1. The summed E-state index contributed by atoms with van der Waals surface area (Å²) >= 11 is 1.53. The third-order valence-corrected chi connectivity index (χ3v) is 7.29. The van der Waals surface area contributed by atoms with Crippen molar-refractivity contribution >= 4 is 23.4 Å². The second-order valence-electron chi connectivity index (χ2n) is 9.84. The highest BCUT2D eigenvalue weighted by Gasteiger charge is 2.42. The van der Waals surface area contributed by atoms with E-state index in [1.165, 1.54) is 11.8 Å². The number of anilines is 1. The van der Waals surface area contributed by atoms with Crippen molar-refractivity contribution in [2.45, 2.75) is 51.6 Å². The summed E-state index contributed by atoms with van der Waals surface area (Å²) in [5.41, 5.74) is 2.35. The second-order valence-corrected chi connectivity index (χ2v) is 10.9. The van der Waals surface area contributed by atoms with E-state index in [0.717, 1.165) is 17.0 Å². The van der Waals surface area contributed by atoms with Gasteiger partial charge in [0.25, 0.3) is 5.56 Å². The van der Waals surface area contributed by atoms with Gasteiger partial charge in [-0.1, -0.05) is 45.5 Å². The molecule has 33 heavy (non-hydrogen) atoms. The molecule has 0 radical (unpaired) electrons. The van der Waals surface area contributed by atoms with Gasteiger partial charge in [-0.15, -0.1) is 0 Å². The molecule has 2 N–H and O–H groups in total. The van der Waals surface area contributed by atoms with Crippen LogP contribution in [0.2, 0.25) is 0 Å². The lowest BCUT2D eigenvalue weighted by Crippen LogP contribution is -2.37. The first kappa shape index (κ1) is 23.4. The smallest absolute Gasteiger partial charge is 0.257 e. The number of carbonyl (C=O) groups is 1. The summed E-state index contributed by atoms with van der Waals surface area (Å²) in [6, 6.07) is 5.54. The van der Waals surface area contributed by atoms with Crippen LogP contribution in [0, 0.1) is 11.3 Å². The van der Waals surface area contributed by atoms with Crippen molar-refractivity contribution < 1.29 is 14.3 Å². The number of thioether (sulfide) groups is 1.